The molecule has 0 bridgehead atoms. The van der Waals surface area contributed by atoms with Crippen LogP contribution in [0.1, 0.15) is 5.56 Å². The van der Waals surface area contributed by atoms with Gasteiger partial charge in [-0.05, 0) is 64.7 Å². The van der Waals surface area contributed by atoms with Gasteiger partial charge in [-0.1, -0.05) is 133 Å². The van der Waals surface area contributed by atoms with Crippen LogP contribution >= 0.6 is 0 Å². The molecule has 0 fully saturated rings. The predicted molar refractivity (Wildman–Crippen MR) is 206 cm³/mol. The minimum absolute atomic E-state index is 0.592. The van der Waals surface area contributed by atoms with Gasteiger partial charge in [-0.15, -0.1) is 0 Å². The highest BCUT2D eigenvalue weighted by Crippen LogP contribution is 2.34. The number of benzene rings is 7. The minimum atomic E-state index is 0.592. The van der Waals surface area contributed by atoms with Crippen LogP contribution in [0.15, 0.2) is 176 Å². The molecule has 0 saturated carbocycles. The quantitative estimate of drug-likeness (QED) is 0.179. The second-order valence-electron chi connectivity index (χ2n) is 12.4. The van der Waals surface area contributed by atoms with Crippen molar-refractivity contribution in [1.82, 2.24) is 19.5 Å². The van der Waals surface area contributed by atoms with Gasteiger partial charge in [0.1, 0.15) is 0 Å². The van der Waals surface area contributed by atoms with Crippen LogP contribution in [0, 0.1) is 11.3 Å². The van der Waals surface area contributed by atoms with Crippen LogP contribution in [0.25, 0.3) is 83.9 Å². The zero-order valence-electron chi connectivity index (χ0n) is 27.5. The van der Waals surface area contributed by atoms with Gasteiger partial charge in [-0.3, -0.25) is 0 Å². The van der Waals surface area contributed by atoms with E-state index in [-0.39, 0.29) is 0 Å². The Morgan fingerprint density at radius 2 is 0.784 bits per heavy atom. The SMILES string of the molecule is N#Cc1ccc2c3ccccc3n(-c3ccc(-c4nc(-c5ccc(-c6ccccc6)cc5)nc(-c5ccc(-c6ccccc6)cc5)n4)cc3)c2c1. The van der Waals surface area contributed by atoms with E-state index in [2.05, 4.69) is 120 Å². The van der Waals surface area contributed by atoms with Gasteiger partial charge in [0.05, 0.1) is 22.7 Å². The molecule has 9 rings (SSSR count). The summed E-state index contributed by atoms with van der Waals surface area (Å²) in [5.74, 6) is 1.81. The van der Waals surface area contributed by atoms with E-state index in [4.69, 9.17) is 15.0 Å². The van der Waals surface area contributed by atoms with Gasteiger partial charge in [-0.25, -0.2) is 15.0 Å². The molecular formula is C46H29N5. The van der Waals surface area contributed by atoms with E-state index in [1.54, 1.807) is 0 Å². The molecule has 0 spiro atoms. The van der Waals surface area contributed by atoms with Crippen molar-refractivity contribution >= 4 is 21.8 Å². The second-order valence-corrected chi connectivity index (χ2v) is 12.4. The third kappa shape index (κ3) is 5.61. The molecule has 0 aliphatic rings. The summed E-state index contributed by atoms with van der Waals surface area (Å²) in [4.78, 5) is 15.0. The molecule has 0 aliphatic heterocycles. The van der Waals surface area contributed by atoms with Gasteiger partial charge in [0.15, 0.2) is 17.5 Å². The molecule has 51 heavy (non-hydrogen) atoms. The fraction of sp³-hybridized carbons (Fsp3) is 0. The molecule has 0 amide bonds. The topological polar surface area (TPSA) is 67.4 Å². The zero-order valence-corrected chi connectivity index (χ0v) is 27.5. The lowest BCUT2D eigenvalue weighted by molar-refractivity contribution is 1.07. The van der Waals surface area contributed by atoms with E-state index in [0.717, 1.165) is 66.4 Å². The third-order valence-electron chi connectivity index (χ3n) is 9.32. The lowest BCUT2D eigenvalue weighted by atomic mass is 10.0. The summed E-state index contributed by atoms with van der Waals surface area (Å²) in [5.41, 5.74) is 11.0. The minimum Gasteiger partial charge on any atom is -0.309 e. The summed E-state index contributed by atoms with van der Waals surface area (Å²) in [7, 11) is 0. The number of hydrogen-bond donors (Lipinski definition) is 0. The normalized spacial score (nSPS) is 11.1. The van der Waals surface area contributed by atoms with Crippen molar-refractivity contribution in [2.75, 3.05) is 0 Å². The molecule has 238 valence electrons. The summed E-state index contributed by atoms with van der Waals surface area (Å²) < 4.78 is 2.21. The summed E-state index contributed by atoms with van der Waals surface area (Å²) in [6, 6.07) is 62.2. The van der Waals surface area contributed by atoms with Crippen LogP contribution in [0.5, 0.6) is 0 Å². The Morgan fingerprint density at radius 1 is 0.373 bits per heavy atom. The van der Waals surface area contributed by atoms with Crippen molar-refractivity contribution in [3.05, 3.63) is 181 Å². The summed E-state index contributed by atoms with van der Waals surface area (Å²) >= 11 is 0. The van der Waals surface area contributed by atoms with Crippen LogP contribution in [-0.2, 0) is 0 Å². The summed E-state index contributed by atoms with van der Waals surface area (Å²) in [5, 5.41) is 11.9. The zero-order chi connectivity index (χ0) is 34.1. The first kappa shape index (κ1) is 29.9. The van der Waals surface area contributed by atoms with Crippen LogP contribution in [0.3, 0.4) is 0 Å². The van der Waals surface area contributed by atoms with Crippen LogP contribution in [0.4, 0.5) is 0 Å². The van der Waals surface area contributed by atoms with E-state index in [9.17, 15) is 5.26 Å². The van der Waals surface area contributed by atoms with E-state index >= 15 is 0 Å². The van der Waals surface area contributed by atoms with E-state index in [1.165, 1.54) is 0 Å². The molecule has 0 atom stereocenters. The Kier molecular flexibility index (Phi) is 7.46. The number of nitrogens with zero attached hydrogens (tertiary/aromatic N) is 5. The van der Waals surface area contributed by atoms with E-state index in [0.29, 0.717) is 23.0 Å². The smallest absolute Gasteiger partial charge is 0.164 e. The molecule has 5 nitrogen and oxygen atoms in total. The van der Waals surface area contributed by atoms with Crippen molar-refractivity contribution in [1.29, 1.82) is 5.26 Å². The average molecular weight is 652 g/mol. The molecule has 7 aromatic carbocycles. The lowest BCUT2D eigenvalue weighted by Gasteiger charge is -2.11. The maximum Gasteiger partial charge on any atom is 0.164 e. The second kappa shape index (κ2) is 12.7. The summed E-state index contributed by atoms with van der Waals surface area (Å²) in [6.07, 6.45) is 0. The molecule has 0 N–H and O–H groups in total. The highest BCUT2D eigenvalue weighted by atomic mass is 15.0. The first-order valence-corrected chi connectivity index (χ1v) is 16.8. The molecule has 0 unspecified atom stereocenters. The number of rotatable bonds is 6. The Bertz CT molecular complexity index is 2610. The van der Waals surface area contributed by atoms with Crippen LogP contribution < -0.4 is 0 Å². The van der Waals surface area contributed by atoms with Gasteiger partial charge < -0.3 is 4.57 Å². The first-order valence-electron chi connectivity index (χ1n) is 16.8. The molecule has 9 aromatic rings. The van der Waals surface area contributed by atoms with Crippen LogP contribution in [0.2, 0.25) is 0 Å². The number of para-hydroxylation sites is 1. The van der Waals surface area contributed by atoms with Crippen molar-refractivity contribution < 1.29 is 0 Å². The predicted octanol–water partition coefficient (Wildman–Crippen LogP) is 11.2. The fourth-order valence-corrected chi connectivity index (χ4v) is 6.73. The molecule has 2 heterocycles. The Balaban J connectivity index is 1.14. The number of nitriles is 1. The molecule has 0 aliphatic carbocycles. The fourth-order valence-electron chi connectivity index (χ4n) is 6.73. The monoisotopic (exact) mass is 651 g/mol. The Morgan fingerprint density at radius 3 is 1.29 bits per heavy atom. The maximum absolute atomic E-state index is 9.66. The van der Waals surface area contributed by atoms with Crippen molar-refractivity contribution in [3.63, 3.8) is 0 Å². The standard InChI is InChI=1S/C46H29N5/c47-30-31-15-28-41-40-13-7-8-14-42(40)51(43(41)29-31)39-26-24-38(25-27-39)46-49-44(36-20-16-34(17-21-36)32-9-3-1-4-10-32)48-45(50-46)37-22-18-35(19-23-37)33-11-5-2-6-12-33/h1-29H. The maximum atomic E-state index is 9.66. The highest BCUT2D eigenvalue weighted by molar-refractivity contribution is 6.09. The largest absolute Gasteiger partial charge is 0.309 e. The van der Waals surface area contributed by atoms with Crippen LogP contribution in [-0.4, -0.2) is 19.5 Å². The molecule has 0 radical (unpaired) electrons. The molecule has 2 aromatic heterocycles. The Labute approximate surface area is 295 Å². The van der Waals surface area contributed by atoms with Gasteiger partial charge in [0.2, 0.25) is 0 Å². The van der Waals surface area contributed by atoms with Gasteiger partial charge in [0.25, 0.3) is 0 Å². The molecular weight excluding hydrogens is 623 g/mol. The first-order chi connectivity index (χ1) is 25.2. The average Bonchev–Trinajstić information content (AvgIpc) is 3.55. The summed E-state index contributed by atoms with van der Waals surface area (Å²) in [6.45, 7) is 0. The van der Waals surface area contributed by atoms with Gasteiger partial charge in [-0.2, -0.15) is 5.26 Å². The number of hydrogen-bond acceptors (Lipinski definition) is 4. The van der Waals surface area contributed by atoms with Crippen molar-refractivity contribution in [2.24, 2.45) is 0 Å². The molecule has 5 heteroatoms. The molecule has 0 saturated heterocycles. The van der Waals surface area contributed by atoms with Gasteiger partial charge >= 0.3 is 0 Å². The number of fused-ring (bicyclic) bond motifs is 3. The van der Waals surface area contributed by atoms with Gasteiger partial charge in [0, 0.05) is 33.2 Å². The van der Waals surface area contributed by atoms with Crippen molar-refractivity contribution in [2.45, 2.75) is 0 Å². The van der Waals surface area contributed by atoms with E-state index in [1.807, 2.05) is 66.7 Å². The van der Waals surface area contributed by atoms with E-state index < -0.39 is 0 Å². The third-order valence-corrected chi connectivity index (χ3v) is 9.32. The Hall–Kier alpha value is -7.16. The van der Waals surface area contributed by atoms with Crippen molar-refractivity contribution in [3.8, 4) is 68.2 Å². The lowest BCUT2D eigenvalue weighted by Crippen LogP contribution is -2.00. The number of aromatic nitrogens is 4. The highest BCUT2D eigenvalue weighted by Gasteiger charge is 2.16.